The lowest BCUT2D eigenvalue weighted by molar-refractivity contribution is 0.216. The molecule has 0 aliphatic rings. The van der Waals surface area contributed by atoms with Crippen molar-refractivity contribution in [2.75, 3.05) is 5.73 Å². The molecule has 0 radical (unpaired) electrons. The van der Waals surface area contributed by atoms with Crippen molar-refractivity contribution in [3.8, 4) is 5.75 Å². The summed E-state index contributed by atoms with van der Waals surface area (Å²) in [7, 11) is 0. The zero-order valence-corrected chi connectivity index (χ0v) is 8.50. The van der Waals surface area contributed by atoms with Crippen LogP contribution in [0.4, 0.5) is 5.69 Å². The van der Waals surface area contributed by atoms with E-state index in [1.807, 2.05) is 25.1 Å². The molecule has 0 saturated carbocycles. The van der Waals surface area contributed by atoms with Crippen molar-refractivity contribution < 1.29 is 4.74 Å². The molecule has 0 unspecified atom stereocenters. The maximum atomic E-state index is 5.76. The quantitative estimate of drug-likeness (QED) is 0.724. The standard InChI is InChI=1S/C11H17NO/c1-4-8(2)13-11-7-5-6-10(12)9(11)3/h5-8H,4,12H2,1-3H3/t8-/m0/s1. The number of anilines is 1. The number of nitrogens with two attached hydrogens (primary N) is 1. The van der Waals surface area contributed by atoms with E-state index in [9.17, 15) is 0 Å². The monoisotopic (exact) mass is 179 g/mol. The summed E-state index contributed by atoms with van der Waals surface area (Å²) in [5.74, 6) is 0.898. The predicted molar refractivity (Wildman–Crippen MR) is 56.0 cm³/mol. The second kappa shape index (κ2) is 4.17. The zero-order chi connectivity index (χ0) is 9.84. The Kier molecular flexibility index (Phi) is 3.18. The van der Waals surface area contributed by atoms with Crippen LogP contribution in [0.1, 0.15) is 25.8 Å². The van der Waals surface area contributed by atoms with E-state index in [-0.39, 0.29) is 6.10 Å². The van der Waals surface area contributed by atoms with Gasteiger partial charge in [0.2, 0.25) is 0 Å². The first-order valence-corrected chi connectivity index (χ1v) is 4.67. The summed E-state index contributed by atoms with van der Waals surface area (Å²) >= 11 is 0. The maximum absolute atomic E-state index is 5.76. The highest BCUT2D eigenvalue weighted by Crippen LogP contribution is 2.24. The summed E-state index contributed by atoms with van der Waals surface area (Å²) < 4.78 is 5.70. The molecule has 0 aromatic heterocycles. The van der Waals surface area contributed by atoms with E-state index in [0.29, 0.717) is 0 Å². The molecule has 2 N–H and O–H groups in total. The summed E-state index contributed by atoms with van der Waals surface area (Å²) in [5.41, 5.74) is 7.58. The van der Waals surface area contributed by atoms with Gasteiger partial charge in [-0.3, -0.25) is 0 Å². The van der Waals surface area contributed by atoms with Crippen molar-refractivity contribution in [2.45, 2.75) is 33.3 Å². The molecular formula is C11H17NO. The Morgan fingerprint density at radius 3 is 2.77 bits per heavy atom. The van der Waals surface area contributed by atoms with Gasteiger partial charge in [-0.2, -0.15) is 0 Å². The van der Waals surface area contributed by atoms with E-state index in [1.165, 1.54) is 0 Å². The molecule has 0 bridgehead atoms. The van der Waals surface area contributed by atoms with Gasteiger partial charge in [0.05, 0.1) is 6.10 Å². The Hall–Kier alpha value is -1.18. The predicted octanol–water partition coefficient (Wildman–Crippen LogP) is 2.75. The van der Waals surface area contributed by atoms with Crippen molar-refractivity contribution in [1.82, 2.24) is 0 Å². The summed E-state index contributed by atoms with van der Waals surface area (Å²) in [6, 6.07) is 5.76. The van der Waals surface area contributed by atoms with Crippen LogP contribution in [-0.2, 0) is 0 Å². The third-order valence-corrected chi connectivity index (χ3v) is 2.23. The van der Waals surface area contributed by atoms with Crippen LogP contribution >= 0.6 is 0 Å². The lowest BCUT2D eigenvalue weighted by Crippen LogP contribution is -2.10. The van der Waals surface area contributed by atoms with E-state index < -0.39 is 0 Å². The maximum Gasteiger partial charge on any atom is 0.124 e. The average Bonchev–Trinajstić information content (AvgIpc) is 2.13. The van der Waals surface area contributed by atoms with Gasteiger partial charge in [0.15, 0.2) is 0 Å². The molecule has 0 amide bonds. The molecule has 1 aromatic carbocycles. The van der Waals surface area contributed by atoms with Crippen LogP contribution in [0.15, 0.2) is 18.2 Å². The molecule has 0 aliphatic heterocycles. The van der Waals surface area contributed by atoms with Gasteiger partial charge in [-0.15, -0.1) is 0 Å². The molecule has 13 heavy (non-hydrogen) atoms. The summed E-state index contributed by atoms with van der Waals surface area (Å²) in [5, 5.41) is 0. The first kappa shape index (κ1) is 9.90. The van der Waals surface area contributed by atoms with E-state index in [0.717, 1.165) is 23.4 Å². The topological polar surface area (TPSA) is 35.2 Å². The van der Waals surface area contributed by atoms with Crippen molar-refractivity contribution in [1.29, 1.82) is 0 Å². The fourth-order valence-corrected chi connectivity index (χ4v) is 1.06. The summed E-state index contributed by atoms with van der Waals surface area (Å²) in [6.07, 6.45) is 1.26. The Morgan fingerprint density at radius 1 is 1.46 bits per heavy atom. The molecule has 0 aliphatic carbocycles. The van der Waals surface area contributed by atoms with Crippen LogP contribution in [0.5, 0.6) is 5.75 Å². The fraction of sp³-hybridized carbons (Fsp3) is 0.455. The highest BCUT2D eigenvalue weighted by Gasteiger charge is 2.05. The highest BCUT2D eigenvalue weighted by atomic mass is 16.5. The molecule has 2 heteroatoms. The Bertz CT molecular complexity index is 283. The van der Waals surface area contributed by atoms with E-state index in [2.05, 4.69) is 13.8 Å². The number of hydrogen-bond acceptors (Lipinski definition) is 2. The lowest BCUT2D eigenvalue weighted by Gasteiger charge is -2.15. The molecule has 1 rings (SSSR count). The lowest BCUT2D eigenvalue weighted by atomic mass is 10.2. The van der Waals surface area contributed by atoms with Gasteiger partial charge in [0.25, 0.3) is 0 Å². The Labute approximate surface area is 79.7 Å². The molecule has 0 fully saturated rings. The van der Waals surface area contributed by atoms with Crippen molar-refractivity contribution >= 4 is 5.69 Å². The minimum atomic E-state index is 0.250. The number of ether oxygens (including phenoxy) is 1. The van der Waals surface area contributed by atoms with Crippen LogP contribution < -0.4 is 10.5 Å². The SMILES string of the molecule is CC[C@H](C)Oc1cccc(N)c1C. The number of nitrogen functional groups attached to an aromatic ring is 1. The van der Waals surface area contributed by atoms with Gasteiger partial charge in [-0.25, -0.2) is 0 Å². The van der Waals surface area contributed by atoms with Gasteiger partial charge < -0.3 is 10.5 Å². The summed E-state index contributed by atoms with van der Waals surface area (Å²) in [6.45, 7) is 6.14. The molecule has 1 aromatic rings. The van der Waals surface area contributed by atoms with Gasteiger partial charge in [-0.05, 0) is 32.4 Å². The minimum absolute atomic E-state index is 0.250. The van der Waals surface area contributed by atoms with Crippen LogP contribution in [0.3, 0.4) is 0 Å². The largest absolute Gasteiger partial charge is 0.490 e. The molecule has 72 valence electrons. The smallest absolute Gasteiger partial charge is 0.124 e. The summed E-state index contributed by atoms with van der Waals surface area (Å²) in [4.78, 5) is 0. The van der Waals surface area contributed by atoms with Gasteiger partial charge in [0, 0.05) is 11.3 Å². The van der Waals surface area contributed by atoms with Crippen molar-refractivity contribution in [3.63, 3.8) is 0 Å². The van der Waals surface area contributed by atoms with Crippen molar-refractivity contribution in [3.05, 3.63) is 23.8 Å². The molecule has 2 nitrogen and oxygen atoms in total. The fourth-order valence-electron chi connectivity index (χ4n) is 1.06. The van der Waals surface area contributed by atoms with Crippen molar-refractivity contribution in [2.24, 2.45) is 0 Å². The van der Waals surface area contributed by atoms with Gasteiger partial charge in [0.1, 0.15) is 5.75 Å². The number of benzene rings is 1. The second-order valence-corrected chi connectivity index (χ2v) is 3.31. The van der Waals surface area contributed by atoms with Crippen LogP contribution in [-0.4, -0.2) is 6.10 Å². The Balaban J connectivity index is 2.83. The van der Waals surface area contributed by atoms with E-state index in [1.54, 1.807) is 0 Å². The average molecular weight is 179 g/mol. The van der Waals surface area contributed by atoms with Gasteiger partial charge in [-0.1, -0.05) is 13.0 Å². The zero-order valence-electron chi connectivity index (χ0n) is 8.50. The van der Waals surface area contributed by atoms with Gasteiger partial charge >= 0.3 is 0 Å². The minimum Gasteiger partial charge on any atom is -0.490 e. The van der Waals surface area contributed by atoms with E-state index in [4.69, 9.17) is 10.5 Å². The molecule has 0 heterocycles. The molecule has 0 saturated heterocycles. The molecule has 1 atom stereocenters. The van der Waals surface area contributed by atoms with Crippen LogP contribution in [0, 0.1) is 6.92 Å². The Morgan fingerprint density at radius 2 is 2.15 bits per heavy atom. The molecular weight excluding hydrogens is 162 g/mol. The second-order valence-electron chi connectivity index (χ2n) is 3.31. The number of hydrogen-bond donors (Lipinski definition) is 1. The first-order chi connectivity index (χ1) is 6.15. The van der Waals surface area contributed by atoms with Crippen LogP contribution in [0.2, 0.25) is 0 Å². The third-order valence-electron chi connectivity index (χ3n) is 2.23. The molecule has 0 spiro atoms. The number of rotatable bonds is 3. The van der Waals surface area contributed by atoms with Crippen LogP contribution in [0.25, 0.3) is 0 Å². The normalized spacial score (nSPS) is 12.5. The first-order valence-electron chi connectivity index (χ1n) is 4.67. The highest BCUT2D eigenvalue weighted by molar-refractivity contribution is 5.53. The van der Waals surface area contributed by atoms with E-state index >= 15 is 0 Å². The third kappa shape index (κ3) is 2.38.